The zero-order chi connectivity index (χ0) is 19.3. The van der Waals surface area contributed by atoms with Crippen LogP contribution in [0.5, 0.6) is 0 Å². The molecule has 1 aliphatic carbocycles. The van der Waals surface area contributed by atoms with Gasteiger partial charge in [0.05, 0.1) is 23.2 Å². The van der Waals surface area contributed by atoms with Gasteiger partial charge in [-0.3, -0.25) is 4.98 Å². The minimum atomic E-state index is -0.422. The molecule has 2 atom stereocenters. The summed E-state index contributed by atoms with van der Waals surface area (Å²) in [4.78, 5) is 13.0. The van der Waals surface area contributed by atoms with Crippen molar-refractivity contribution < 1.29 is 9.50 Å². The van der Waals surface area contributed by atoms with Crippen LogP contribution in [0.25, 0.3) is 27.6 Å². The van der Waals surface area contributed by atoms with E-state index in [1.807, 2.05) is 6.07 Å². The molecule has 0 amide bonds. The quantitative estimate of drug-likeness (QED) is 0.503. The highest BCUT2D eigenvalue weighted by molar-refractivity contribution is 9.10. The third kappa shape index (κ3) is 2.91. The van der Waals surface area contributed by atoms with E-state index in [0.717, 1.165) is 19.3 Å². The Hall–Kier alpha value is -2.65. The first-order valence-electron chi connectivity index (χ1n) is 9.01. The third-order valence-corrected chi connectivity index (χ3v) is 5.65. The number of benzene rings is 1. The predicted octanol–water partition coefficient (Wildman–Crippen LogP) is 3.59. The highest BCUT2D eigenvalue weighted by atomic mass is 79.9. The maximum Gasteiger partial charge on any atom is 0.225 e. The fourth-order valence-corrected chi connectivity index (χ4v) is 4.09. The Labute approximate surface area is 167 Å². The van der Waals surface area contributed by atoms with E-state index >= 15 is 0 Å². The summed E-state index contributed by atoms with van der Waals surface area (Å²) in [7, 11) is 0. The number of hydrogen-bond acceptors (Lipinski definition) is 6. The molecular formula is C19H16BrFN6O. The van der Waals surface area contributed by atoms with Crippen LogP contribution in [0.3, 0.4) is 0 Å². The Kier molecular flexibility index (Phi) is 4.21. The average Bonchev–Trinajstić information content (AvgIpc) is 3.25. The molecule has 4 aromatic rings. The molecule has 0 unspecified atom stereocenters. The Balaban J connectivity index is 1.62. The number of nitrogens with one attached hydrogen (secondary N) is 1. The highest BCUT2D eigenvalue weighted by Gasteiger charge is 2.26. The zero-order valence-corrected chi connectivity index (χ0v) is 16.3. The van der Waals surface area contributed by atoms with Gasteiger partial charge in [0, 0.05) is 23.8 Å². The standard InChI is InChI=1S/C19H16BrFN6O/c20-17-12-9-23-19(24-14-4-1-5-15(14)28)25-18(12)27(26-17)11-7-10-3-2-6-22-16(10)13(21)8-11/h2-3,6-9,14-15,28H,1,4-5H2,(H,23,24,25)/t14-,15-/m0/s1. The van der Waals surface area contributed by atoms with Gasteiger partial charge >= 0.3 is 0 Å². The van der Waals surface area contributed by atoms with Crippen LogP contribution in [0.15, 0.2) is 41.3 Å². The second kappa shape index (κ2) is 6.75. The second-order valence-corrected chi connectivity index (χ2v) is 7.64. The molecule has 0 bridgehead atoms. The molecule has 1 aliphatic rings. The Bertz CT molecular complexity index is 1200. The first-order valence-corrected chi connectivity index (χ1v) is 9.80. The number of aliphatic hydroxyl groups is 1. The number of hydrogen-bond donors (Lipinski definition) is 2. The van der Waals surface area contributed by atoms with E-state index in [-0.39, 0.29) is 6.04 Å². The molecule has 9 heteroatoms. The molecule has 3 heterocycles. The number of pyridine rings is 1. The van der Waals surface area contributed by atoms with Crippen LogP contribution < -0.4 is 5.32 Å². The van der Waals surface area contributed by atoms with Gasteiger partial charge in [0.1, 0.15) is 10.1 Å². The van der Waals surface area contributed by atoms with Crippen LogP contribution in [-0.4, -0.2) is 42.0 Å². The summed E-state index contributed by atoms with van der Waals surface area (Å²) in [5.41, 5.74) is 1.40. The Morgan fingerprint density at radius 3 is 2.96 bits per heavy atom. The van der Waals surface area contributed by atoms with E-state index in [1.54, 1.807) is 29.2 Å². The smallest absolute Gasteiger partial charge is 0.225 e. The molecule has 1 saturated carbocycles. The predicted molar refractivity (Wildman–Crippen MR) is 107 cm³/mol. The fourth-order valence-electron chi connectivity index (χ4n) is 3.65. The number of halogens is 2. The highest BCUT2D eigenvalue weighted by Crippen LogP contribution is 2.28. The summed E-state index contributed by atoms with van der Waals surface area (Å²) in [6, 6.07) is 6.71. The lowest BCUT2D eigenvalue weighted by atomic mass is 10.2. The van der Waals surface area contributed by atoms with Crippen molar-refractivity contribution in [3.05, 3.63) is 47.1 Å². The largest absolute Gasteiger partial charge is 0.391 e. The van der Waals surface area contributed by atoms with Crippen LogP contribution in [0.2, 0.25) is 0 Å². The minimum absolute atomic E-state index is 0.0681. The molecule has 5 rings (SSSR count). The first-order chi connectivity index (χ1) is 13.6. The number of aliphatic hydroxyl groups excluding tert-OH is 1. The monoisotopic (exact) mass is 442 g/mol. The molecule has 1 fully saturated rings. The number of nitrogens with zero attached hydrogens (tertiary/aromatic N) is 5. The number of rotatable bonds is 3. The first kappa shape index (κ1) is 17.4. The summed E-state index contributed by atoms with van der Waals surface area (Å²) in [5.74, 6) is -0.00983. The molecule has 2 N–H and O–H groups in total. The van der Waals surface area contributed by atoms with Gasteiger partial charge in [-0.1, -0.05) is 6.07 Å². The Morgan fingerprint density at radius 1 is 1.25 bits per heavy atom. The number of anilines is 1. The molecule has 1 aromatic carbocycles. The lowest BCUT2D eigenvalue weighted by Gasteiger charge is -2.16. The van der Waals surface area contributed by atoms with Gasteiger partial charge in [-0.05, 0) is 47.3 Å². The van der Waals surface area contributed by atoms with Crippen molar-refractivity contribution in [2.75, 3.05) is 5.32 Å². The summed E-state index contributed by atoms with van der Waals surface area (Å²) in [6.07, 6.45) is 5.43. The number of fused-ring (bicyclic) bond motifs is 2. The van der Waals surface area contributed by atoms with Gasteiger partial charge < -0.3 is 10.4 Å². The zero-order valence-electron chi connectivity index (χ0n) is 14.7. The van der Waals surface area contributed by atoms with Gasteiger partial charge in [0.25, 0.3) is 0 Å². The van der Waals surface area contributed by atoms with Crippen molar-refractivity contribution in [3.63, 3.8) is 0 Å². The van der Waals surface area contributed by atoms with Crippen molar-refractivity contribution in [2.45, 2.75) is 31.4 Å². The average molecular weight is 443 g/mol. The normalized spacial score (nSPS) is 19.5. The van der Waals surface area contributed by atoms with E-state index in [0.29, 0.717) is 38.2 Å². The van der Waals surface area contributed by atoms with E-state index < -0.39 is 11.9 Å². The lowest BCUT2D eigenvalue weighted by Crippen LogP contribution is -2.28. The molecule has 0 saturated heterocycles. The van der Waals surface area contributed by atoms with Crippen LogP contribution in [0.4, 0.5) is 10.3 Å². The minimum Gasteiger partial charge on any atom is -0.391 e. The lowest BCUT2D eigenvalue weighted by molar-refractivity contribution is 0.171. The van der Waals surface area contributed by atoms with Crippen molar-refractivity contribution >= 4 is 43.8 Å². The topological polar surface area (TPSA) is 88.8 Å². The van der Waals surface area contributed by atoms with E-state index in [4.69, 9.17) is 0 Å². The molecule has 0 aliphatic heterocycles. The summed E-state index contributed by atoms with van der Waals surface area (Å²) in [6.45, 7) is 0. The summed E-state index contributed by atoms with van der Waals surface area (Å²) in [5, 5.41) is 19.1. The fraction of sp³-hybridized carbons (Fsp3) is 0.263. The molecule has 28 heavy (non-hydrogen) atoms. The molecule has 0 spiro atoms. The number of aromatic nitrogens is 5. The van der Waals surface area contributed by atoms with Crippen LogP contribution in [0.1, 0.15) is 19.3 Å². The molecule has 142 valence electrons. The maximum absolute atomic E-state index is 14.5. The molecule has 0 radical (unpaired) electrons. The van der Waals surface area contributed by atoms with E-state index in [2.05, 4.69) is 41.3 Å². The van der Waals surface area contributed by atoms with Gasteiger partial charge in [-0.2, -0.15) is 10.1 Å². The molecule has 3 aromatic heterocycles. The molecular weight excluding hydrogens is 427 g/mol. The van der Waals surface area contributed by atoms with Crippen molar-refractivity contribution in [1.82, 2.24) is 24.7 Å². The van der Waals surface area contributed by atoms with Crippen LogP contribution in [0, 0.1) is 5.82 Å². The van der Waals surface area contributed by atoms with Crippen LogP contribution in [-0.2, 0) is 0 Å². The SMILES string of the molecule is O[C@H]1CCC[C@@H]1Nc1ncc2c(Br)nn(-c3cc(F)c4ncccc4c3)c2n1. The van der Waals surface area contributed by atoms with Crippen LogP contribution >= 0.6 is 15.9 Å². The van der Waals surface area contributed by atoms with E-state index in [9.17, 15) is 9.50 Å². The van der Waals surface area contributed by atoms with Gasteiger partial charge in [-0.25, -0.2) is 14.1 Å². The summed E-state index contributed by atoms with van der Waals surface area (Å²) < 4.78 is 16.7. The van der Waals surface area contributed by atoms with Gasteiger partial charge in [0.2, 0.25) is 5.95 Å². The summed E-state index contributed by atoms with van der Waals surface area (Å²) >= 11 is 3.43. The Morgan fingerprint density at radius 2 is 2.14 bits per heavy atom. The van der Waals surface area contributed by atoms with Gasteiger partial charge in [-0.15, -0.1) is 0 Å². The third-order valence-electron chi connectivity index (χ3n) is 5.06. The van der Waals surface area contributed by atoms with E-state index in [1.165, 1.54) is 6.07 Å². The van der Waals surface area contributed by atoms with Crippen molar-refractivity contribution in [3.8, 4) is 5.69 Å². The molecule has 7 nitrogen and oxygen atoms in total. The van der Waals surface area contributed by atoms with Crippen molar-refractivity contribution in [1.29, 1.82) is 0 Å². The maximum atomic E-state index is 14.5. The second-order valence-electron chi connectivity index (χ2n) is 6.89. The van der Waals surface area contributed by atoms with Crippen molar-refractivity contribution in [2.24, 2.45) is 0 Å². The van der Waals surface area contributed by atoms with Gasteiger partial charge in [0.15, 0.2) is 11.5 Å².